The fraction of sp³-hybridized carbons (Fsp3) is 0.571. The molecule has 3 heteroatoms. The summed E-state index contributed by atoms with van der Waals surface area (Å²) in [5.74, 6) is -0.135. The Balaban J connectivity index is 1.97. The Morgan fingerprint density at radius 2 is 2.29 bits per heavy atom. The van der Waals surface area contributed by atoms with Crippen LogP contribution in [-0.2, 0) is 6.42 Å². The fourth-order valence-electron chi connectivity index (χ4n) is 2.69. The molecule has 2 nitrogen and oxygen atoms in total. The third-order valence-corrected chi connectivity index (χ3v) is 3.86. The molecule has 2 rings (SSSR count). The first-order valence-electron chi connectivity index (χ1n) is 6.25. The molecule has 0 aromatic heterocycles. The second-order valence-corrected chi connectivity index (χ2v) is 5.15. The summed E-state index contributed by atoms with van der Waals surface area (Å²) in [5.41, 5.74) is 1.30. The Kier molecular flexibility index (Phi) is 3.79. The minimum absolute atomic E-state index is 0.135. The lowest BCUT2D eigenvalue weighted by atomic mass is 9.90. The van der Waals surface area contributed by atoms with Gasteiger partial charge in [0.25, 0.3) is 0 Å². The van der Waals surface area contributed by atoms with Crippen molar-refractivity contribution >= 4 is 0 Å². The zero-order valence-corrected chi connectivity index (χ0v) is 10.7. The summed E-state index contributed by atoms with van der Waals surface area (Å²) in [4.78, 5) is 2.35. The topological polar surface area (TPSA) is 15.3 Å². The van der Waals surface area contributed by atoms with E-state index < -0.39 is 0 Å². The van der Waals surface area contributed by atoms with Crippen LogP contribution in [0.2, 0.25) is 0 Å². The summed E-state index contributed by atoms with van der Waals surface area (Å²) in [6.07, 6.45) is 3.18. The zero-order chi connectivity index (χ0) is 12.3. The van der Waals surface area contributed by atoms with Gasteiger partial charge in [-0.2, -0.15) is 0 Å². The van der Waals surface area contributed by atoms with Crippen molar-refractivity contribution in [3.05, 3.63) is 35.6 Å². The van der Waals surface area contributed by atoms with Gasteiger partial charge in [-0.1, -0.05) is 12.1 Å². The van der Waals surface area contributed by atoms with Gasteiger partial charge in [-0.05, 0) is 57.6 Å². The Morgan fingerprint density at radius 3 is 2.88 bits per heavy atom. The number of nitrogens with zero attached hydrogens (tertiary/aromatic N) is 1. The molecule has 1 aliphatic rings. The molecular formula is C14H21FN2. The second kappa shape index (κ2) is 5.15. The first kappa shape index (κ1) is 12.5. The van der Waals surface area contributed by atoms with E-state index in [1.54, 1.807) is 12.1 Å². The van der Waals surface area contributed by atoms with Gasteiger partial charge in [0.1, 0.15) is 5.82 Å². The summed E-state index contributed by atoms with van der Waals surface area (Å²) in [5, 5.41) is 3.46. The minimum atomic E-state index is -0.135. The number of benzene rings is 1. The molecule has 0 aliphatic carbocycles. The first-order valence-corrected chi connectivity index (χ1v) is 6.25. The molecule has 0 amide bonds. The van der Waals surface area contributed by atoms with E-state index in [0.29, 0.717) is 0 Å². The lowest BCUT2D eigenvalue weighted by Crippen LogP contribution is -2.45. The molecule has 1 fully saturated rings. The summed E-state index contributed by atoms with van der Waals surface area (Å²) < 4.78 is 13.1. The van der Waals surface area contributed by atoms with Crippen molar-refractivity contribution in [1.29, 1.82) is 0 Å². The van der Waals surface area contributed by atoms with E-state index in [9.17, 15) is 4.39 Å². The largest absolute Gasteiger partial charge is 0.313 e. The maximum absolute atomic E-state index is 13.1. The van der Waals surface area contributed by atoms with Crippen LogP contribution in [-0.4, -0.2) is 37.6 Å². The molecule has 1 aromatic carbocycles. The predicted octanol–water partition coefficient (Wildman–Crippen LogP) is 2.05. The van der Waals surface area contributed by atoms with Crippen LogP contribution in [0.3, 0.4) is 0 Å². The SMILES string of the molecule is CNC1(CCc2cccc(F)c2)CCN(C)C1. The van der Waals surface area contributed by atoms with E-state index in [2.05, 4.69) is 17.3 Å². The smallest absolute Gasteiger partial charge is 0.123 e. The quantitative estimate of drug-likeness (QED) is 0.860. The van der Waals surface area contributed by atoms with E-state index in [-0.39, 0.29) is 11.4 Å². The number of halogens is 1. The van der Waals surface area contributed by atoms with Crippen LogP contribution in [0.15, 0.2) is 24.3 Å². The molecule has 17 heavy (non-hydrogen) atoms. The minimum Gasteiger partial charge on any atom is -0.313 e. The zero-order valence-electron chi connectivity index (χ0n) is 10.7. The van der Waals surface area contributed by atoms with Crippen molar-refractivity contribution in [1.82, 2.24) is 10.2 Å². The normalized spacial score (nSPS) is 25.4. The maximum Gasteiger partial charge on any atom is 0.123 e. The van der Waals surface area contributed by atoms with Gasteiger partial charge in [0.05, 0.1) is 0 Å². The number of likely N-dealkylation sites (tertiary alicyclic amines) is 1. The van der Waals surface area contributed by atoms with Gasteiger partial charge in [0, 0.05) is 12.1 Å². The number of hydrogen-bond acceptors (Lipinski definition) is 2. The highest BCUT2D eigenvalue weighted by Crippen LogP contribution is 2.25. The molecular weight excluding hydrogens is 215 g/mol. The predicted molar refractivity (Wildman–Crippen MR) is 68.6 cm³/mol. The van der Waals surface area contributed by atoms with Crippen molar-refractivity contribution in [2.45, 2.75) is 24.8 Å². The van der Waals surface area contributed by atoms with Gasteiger partial charge in [-0.15, -0.1) is 0 Å². The molecule has 1 N–H and O–H groups in total. The van der Waals surface area contributed by atoms with Crippen molar-refractivity contribution in [3.8, 4) is 0 Å². The molecule has 1 atom stereocenters. The summed E-state index contributed by atoms with van der Waals surface area (Å²) in [6.45, 7) is 2.23. The molecule has 94 valence electrons. The third-order valence-electron chi connectivity index (χ3n) is 3.86. The van der Waals surface area contributed by atoms with E-state index in [1.165, 1.54) is 12.5 Å². The highest BCUT2D eigenvalue weighted by molar-refractivity contribution is 5.17. The monoisotopic (exact) mass is 236 g/mol. The van der Waals surface area contributed by atoms with Crippen molar-refractivity contribution in [2.75, 3.05) is 27.2 Å². The number of aryl methyl sites for hydroxylation is 1. The van der Waals surface area contributed by atoms with Crippen LogP contribution < -0.4 is 5.32 Å². The second-order valence-electron chi connectivity index (χ2n) is 5.15. The van der Waals surface area contributed by atoms with Crippen LogP contribution in [0.4, 0.5) is 4.39 Å². The number of nitrogens with one attached hydrogen (secondary N) is 1. The van der Waals surface area contributed by atoms with Crippen LogP contribution in [0.1, 0.15) is 18.4 Å². The molecule has 1 saturated heterocycles. The van der Waals surface area contributed by atoms with Gasteiger partial charge in [-0.25, -0.2) is 4.39 Å². The van der Waals surface area contributed by atoms with E-state index in [0.717, 1.165) is 31.5 Å². The van der Waals surface area contributed by atoms with Gasteiger partial charge in [-0.3, -0.25) is 0 Å². The summed E-state index contributed by atoms with van der Waals surface area (Å²) in [6, 6.07) is 6.94. The summed E-state index contributed by atoms with van der Waals surface area (Å²) >= 11 is 0. The Labute approximate surface area is 103 Å². The molecule has 0 bridgehead atoms. The van der Waals surface area contributed by atoms with E-state index in [4.69, 9.17) is 0 Å². The van der Waals surface area contributed by atoms with Gasteiger partial charge in [0.15, 0.2) is 0 Å². The van der Waals surface area contributed by atoms with Crippen molar-refractivity contribution in [2.24, 2.45) is 0 Å². The molecule has 1 heterocycles. The number of rotatable bonds is 4. The standard InChI is InChI=1S/C14H21FN2/c1-16-14(8-9-17(2)11-14)7-6-12-4-3-5-13(15)10-12/h3-5,10,16H,6-9,11H2,1-2H3. The van der Waals surface area contributed by atoms with Crippen molar-refractivity contribution < 1.29 is 4.39 Å². The number of likely N-dealkylation sites (N-methyl/N-ethyl adjacent to an activating group) is 2. The van der Waals surface area contributed by atoms with Crippen LogP contribution >= 0.6 is 0 Å². The molecule has 0 spiro atoms. The maximum atomic E-state index is 13.1. The highest BCUT2D eigenvalue weighted by Gasteiger charge is 2.34. The van der Waals surface area contributed by atoms with Gasteiger partial charge < -0.3 is 10.2 Å². The van der Waals surface area contributed by atoms with Crippen LogP contribution in [0, 0.1) is 5.82 Å². The average Bonchev–Trinajstić information content (AvgIpc) is 2.70. The lowest BCUT2D eigenvalue weighted by Gasteiger charge is -2.28. The Hall–Kier alpha value is -0.930. The van der Waals surface area contributed by atoms with E-state index >= 15 is 0 Å². The van der Waals surface area contributed by atoms with Gasteiger partial charge >= 0.3 is 0 Å². The lowest BCUT2D eigenvalue weighted by molar-refractivity contribution is 0.310. The first-order chi connectivity index (χ1) is 8.13. The Bertz CT molecular complexity index is 380. The molecule has 0 saturated carbocycles. The van der Waals surface area contributed by atoms with Crippen molar-refractivity contribution in [3.63, 3.8) is 0 Å². The molecule has 1 unspecified atom stereocenters. The van der Waals surface area contributed by atoms with Gasteiger partial charge in [0.2, 0.25) is 0 Å². The Morgan fingerprint density at radius 1 is 1.47 bits per heavy atom. The number of hydrogen-bond donors (Lipinski definition) is 1. The summed E-state index contributed by atoms with van der Waals surface area (Å²) in [7, 11) is 4.19. The highest BCUT2D eigenvalue weighted by atomic mass is 19.1. The van der Waals surface area contributed by atoms with Crippen LogP contribution in [0.25, 0.3) is 0 Å². The molecule has 0 radical (unpaired) electrons. The van der Waals surface area contributed by atoms with Crippen LogP contribution in [0.5, 0.6) is 0 Å². The average molecular weight is 236 g/mol. The van der Waals surface area contributed by atoms with E-state index in [1.807, 2.05) is 13.1 Å². The fourth-order valence-corrected chi connectivity index (χ4v) is 2.69. The molecule has 1 aromatic rings. The third kappa shape index (κ3) is 3.05. The molecule has 1 aliphatic heterocycles.